The van der Waals surface area contributed by atoms with Crippen molar-refractivity contribution in [1.29, 1.82) is 0 Å². The Hall–Kier alpha value is -1.26. The number of benzene rings is 1. The first-order chi connectivity index (χ1) is 8.83. The first-order valence-electron chi connectivity index (χ1n) is 6.42. The molecule has 1 heterocycles. The smallest absolute Gasteiger partial charge is 0.0915 e. The monoisotopic (exact) mass is 261 g/mol. The average molecular weight is 261 g/mol. The second kappa shape index (κ2) is 6.61. The number of aryl methyl sites for hydroxylation is 1. The minimum atomic E-state index is 0.265. The van der Waals surface area contributed by atoms with E-state index in [2.05, 4.69) is 52.2 Å². The molecule has 0 fully saturated rings. The Morgan fingerprint density at radius 1 is 1.17 bits per heavy atom. The third kappa shape index (κ3) is 3.37. The standard InChI is InChI=1S/C14H19N3S/c1-3-11-5-7-12(8-6-11)9-13(15-4-2)14-10-16-18-17-14/h5-8,10,13,15H,3-4,9H2,1-2H3. The molecule has 3 nitrogen and oxygen atoms in total. The van der Waals surface area contributed by atoms with Crippen molar-refractivity contribution in [3.05, 3.63) is 47.3 Å². The fourth-order valence-electron chi connectivity index (χ4n) is 2.00. The second-order valence-corrected chi connectivity index (χ2v) is 4.87. The van der Waals surface area contributed by atoms with Crippen molar-refractivity contribution in [2.24, 2.45) is 0 Å². The molecule has 0 amide bonds. The number of rotatable bonds is 6. The van der Waals surface area contributed by atoms with Crippen molar-refractivity contribution in [1.82, 2.24) is 14.1 Å². The van der Waals surface area contributed by atoms with E-state index < -0.39 is 0 Å². The Balaban J connectivity index is 2.08. The SMILES string of the molecule is CCNC(Cc1ccc(CC)cc1)c1cnsn1. The van der Waals surface area contributed by atoms with Crippen LogP contribution in [0.3, 0.4) is 0 Å². The molecule has 96 valence electrons. The molecule has 18 heavy (non-hydrogen) atoms. The highest BCUT2D eigenvalue weighted by atomic mass is 32.1. The van der Waals surface area contributed by atoms with Gasteiger partial charge in [0, 0.05) is 0 Å². The zero-order valence-corrected chi connectivity index (χ0v) is 11.7. The average Bonchev–Trinajstić information content (AvgIpc) is 2.93. The Kier molecular flexibility index (Phi) is 4.84. The van der Waals surface area contributed by atoms with Gasteiger partial charge in [-0.05, 0) is 30.5 Å². The third-order valence-electron chi connectivity index (χ3n) is 3.06. The number of aromatic nitrogens is 2. The summed E-state index contributed by atoms with van der Waals surface area (Å²) in [6.45, 7) is 5.24. The number of hydrogen-bond donors (Lipinski definition) is 1. The Morgan fingerprint density at radius 3 is 2.44 bits per heavy atom. The van der Waals surface area contributed by atoms with Gasteiger partial charge in [-0.15, -0.1) is 0 Å². The molecule has 0 radical (unpaired) electrons. The fourth-order valence-corrected chi connectivity index (χ4v) is 2.47. The summed E-state index contributed by atoms with van der Waals surface area (Å²) in [5.41, 5.74) is 3.77. The van der Waals surface area contributed by atoms with E-state index in [1.165, 1.54) is 22.9 Å². The topological polar surface area (TPSA) is 37.8 Å². The fraction of sp³-hybridized carbons (Fsp3) is 0.429. The molecule has 0 bridgehead atoms. The molecule has 1 aromatic carbocycles. The highest BCUT2D eigenvalue weighted by molar-refractivity contribution is 6.99. The van der Waals surface area contributed by atoms with E-state index >= 15 is 0 Å². The maximum atomic E-state index is 4.33. The maximum Gasteiger partial charge on any atom is 0.0915 e. The van der Waals surface area contributed by atoms with Crippen LogP contribution < -0.4 is 5.32 Å². The normalized spacial score (nSPS) is 12.6. The van der Waals surface area contributed by atoms with Crippen LogP contribution in [-0.2, 0) is 12.8 Å². The van der Waals surface area contributed by atoms with E-state index in [9.17, 15) is 0 Å². The summed E-state index contributed by atoms with van der Waals surface area (Å²) in [6, 6.07) is 9.10. The Labute approximate surface area is 113 Å². The molecular weight excluding hydrogens is 242 g/mol. The molecule has 0 saturated carbocycles. The zero-order chi connectivity index (χ0) is 12.8. The van der Waals surface area contributed by atoms with E-state index in [0.29, 0.717) is 0 Å². The lowest BCUT2D eigenvalue weighted by Gasteiger charge is -2.15. The van der Waals surface area contributed by atoms with Gasteiger partial charge in [-0.1, -0.05) is 38.1 Å². The van der Waals surface area contributed by atoms with Crippen LogP contribution in [0.5, 0.6) is 0 Å². The van der Waals surface area contributed by atoms with Gasteiger partial charge in [0.2, 0.25) is 0 Å². The lowest BCUT2D eigenvalue weighted by Crippen LogP contribution is -2.23. The van der Waals surface area contributed by atoms with Crippen molar-refractivity contribution in [2.75, 3.05) is 6.54 Å². The van der Waals surface area contributed by atoms with Crippen molar-refractivity contribution >= 4 is 11.7 Å². The molecule has 0 aliphatic heterocycles. The van der Waals surface area contributed by atoms with Crippen molar-refractivity contribution in [3.63, 3.8) is 0 Å². The van der Waals surface area contributed by atoms with Gasteiger partial charge in [0.1, 0.15) is 0 Å². The number of hydrogen-bond acceptors (Lipinski definition) is 4. The summed E-state index contributed by atoms with van der Waals surface area (Å²) in [7, 11) is 0. The molecule has 2 aromatic rings. The molecule has 0 aliphatic rings. The zero-order valence-electron chi connectivity index (χ0n) is 10.9. The lowest BCUT2D eigenvalue weighted by molar-refractivity contribution is 0.540. The number of nitrogens with one attached hydrogen (secondary N) is 1. The summed E-state index contributed by atoms with van der Waals surface area (Å²) >= 11 is 1.27. The largest absolute Gasteiger partial charge is 0.309 e. The van der Waals surface area contributed by atoms with Gasteiger partial charge in [-0.25, -0.2) is 0 Å². The highest BCUT2D eigenvalue weighted by Gasteiger charge is 2.13. The summed E-state index contributed by atoms with van der Waals surface area (Å²) in [5, 5.41) is 3.47. The third-order valence-corrected chi connectivity index (χ3v) is 3.55. The predicted octanol–water partition coefficient (Wildman–Crippen LogP) is 2.99. The maximum absolute atomic E-state index is 4.33. The minimum absolute atomic E-state index is 0.265. The summed E-state index contributed by atoms with van der Waals surface area (Å²) < 4.78 is 8.42. The van der Waals surface area contributed by atoms with E-state index in [1.54, 1.807) is 0 Å². The van der Waals surface area contributed by atoms with Crippen molar-refractivity contribution in [3.8, 4) is 0 Å². The molecule has 2 rings (SSSR count). The van der Waals surface area contributed by atoms with Crippen LogP contribution in [0.4, 0.5) is 0 Å². The van der Waals surface area contributed by atoms with Gasteiger partial charge in [0.15, 0.2) is 0 Å². The van der Waals surface area contributed by atoms with Crippen LogP contribution >= 0.6 is 11.7 Å². The first-order valence-corrected chi connectivity index (χ1v) is 7.15. The van der Waals surface area contributed by atoms with Gasteiger partial charge < -0.3 is 5.32 Å². The van der Waals surface area contributed by atoms with E-state index in [-0.39, 0.29) is 6.04 Å². The second-order valence-electron chi connectivity index (χ2n) is 4.32. The van der Waals surface area contributed by atoms with Crippen molar-refractivity contribution in [2.45, 2.75) is 32.7 Å². The van der Waals surface area contributed by atoms with Gasteiger partial charge in [0.05, 0.1) is 29.7 Å². The molecule has 1 atom stereocenters. The van der Waals surface area contributed by atoms with Gasteiger partial charge in [-0.2, -0.15) is 8.75 Å². The van der Waals surface area contributed by atoms with Crippen LogP contribution in [0.25, 0.3) is 0 Å². The quantitative estimate of drug-likeness (QED) is 0.868. The first kappa shape index (κ1) is 13.2. The molecule has 1 N–H and O–H groups in total. The van der Waals surface area contributed by atoms with Crippen LogP contribution in [0, 0.1) is 0 Å². The summed E-state index contributed by atoms with van der Waals surface area (Å²) in [4.78, 5) is 0. The van der Waals surface area contributed by atoms with E-state index in [1.807, 2.05) is 6.20 Å². The number of nitrogens with zero attached hydrogens (tertiary/aromatic N) is 2. The molecule has 0 aliphatic carbocycles. The van der Waals surface area contributed by atoms with E-state index in [4.69, 9.17) is 0 Å². The molecule has 4 heteroatoms. The van der Waals surface area contributed by atoms with Crippen LogP contribution in [0.15, 0.2) is 30.5 Å². The van der Waals surface area contributed by atoms with Crippen molar-refractivity contribution < 1.29 is 0 Å². The Bertz CT molecular complexity index is 450. The van der Waals surface area contributed by atoms with Crippen LogP contribution in [-0.4, -0.2) is 15.3 Å². The minimum Gasteiger partial charge on any atom is -0.309 e. The molecule has 1 unspecified atom stereocenters. The molecule has 0 spiro atoms. The molecular formula is C14H19N3S. The van der Waals surface area contributed by atoms with Gasteiger partial charge in [0.25, 0.3) is 0 Å². The number of likely N-dealkylation sites (N-methyl/N-ethyl adjacent to an activating group) is 1. The van der Waals surface area contributed by atoms with Gasteiger partial charge >= 0.3 is 0 Å². The summed E-state index contributed by atoms with van der Waals surface area (Å²) in [6.07, 6.45) is 3.91. The predicted molar refractivity (Wildman–Crippen MR) is 75.9 cm³/mol. The summed E-state index contributed by atoms with van der Waals surface area (Å²) in [5.74, 6) is 0. The van der Waals surface area contributed by atoms with Crippen LogP contribution in [0.1, 0.15) is 36.7 Å². The molecule has 1 aromatic heterocycles. The lowest BCUT2D eigenvalue weighted by atomic mass is 10.0. The Morgan fingerprint density at radius 2 is 1.89 bits per heavy atom. The molecule has 0 saturated heterocycles. The van der Waals surface area contributed by atoms with Gasteiger partial charge in [-0.3, -0.25) is 0 Å². The highest BCUT2D eigenvalue weighted by Crippen LogP contribution is 2.17. The van der Waals surface area contributed by atoms with Crippen LogP contribution in [0.2, 0.25) is 0 Å². The van der Waals surface area contributed by atoms with E-state index in [0.717, 1.165) is 25.1 Å².